The van der Waals surface area contributed by atoms with Crippen LogP contribution in [0.1, 0.15) is 47.8 Å². The summed E-state index contributed by atoms with van der Waals surface area (Å²) in [5.74, 6) is 0.145. The van der Waals surface area contributed by atoms with Crippen LogP contribution in [0.3, 0.4) is 0 Å². The fourth-order valence-corrected chi connectivity index (χ4v) is 6.04. The van der Waals surface area contributed by atoms with Gasteiger partial charge in [0.1, 0.15) is 0 Å². The molecule has 1 atom stereocenters. The molecule has 1 aliphatic rings. The first-order chi connectivity index (χ1) is 20.2. The first kappa shape index (κ1) is 27.0. The van der Waals surface area contributed by atoms with Crippen molar-refractivity contribution in [3.8, 4) is 11.1 Å². The molecule has 5 aromatic rings. The average Bonchev–Trinajstić information content (AvgIpc) is 3.46. The van der Waals surface area contributed by atoms with Gasteiger partial charge in [0.25, 0.3) is 5.91 Å². The smallest absolute Gasteiger partial charge is 0.254 e. The van der Waals surface area contributed by atoms with Gasteiger partial charge in [-0.1, -0.05) is 111 Å². The van der Waals surface area contributed by atoms with Crippen molar-refractivity contribution in [2.75, 3.05) is 19.6 Å². The average molecular weight is 543 g/mol. The molecule has 1 aliphatic heterocycles. The summed E-state index contributed by atoms with van der Waals surface area (Å²) >= 11 is 0. The van der Waals surface area contributed by atoms with E-state index in [2.05, 4.69) is 93.0 Å². The second-order valence-electron chi connectivity index (χ2n) is 11.1. The van der Waals surface area contributed by atoms with E-state index in [4.69, 9.17) is 0 Å². The first-order valence-electron chi connectivity index (χ1n) is 14.8. The Morgan fingerprint density at radius 1 is 0.829 bits per heavy atom. The van der Waals surface area contributed by atoms with Crippen molar-refractivity contribution in [1.29, 1.82) is 0 Å². The minimum Gasteiger partial charge on any atom is -0.336 e. The number of imidazole rings is 1. The van der Waals surface area contributed by atoms with Crippen LogP contribution in [0.15, 0.2) is 110 Å². The topological polar surface area (TPSA) is 41.4 Å². The Morgan fingerprint density at radius 3 is 2.41 bits per heavy atom. The number of benzene rings is 4. The van der Waals surface area contributed by atoms with Crippen LogP contribution in [0, 0.1) is 0 Å². The highest BCUT2D eigenvalue weighted by Crippen LogP contribution is 2.25. The Bertz CT molecular complexity index is 1590. The first-order valence-corrected chi connectivity index (χ1v) is 14.8. The van der Waals surface area contributed by atoms with Gasteiger partial charge in [0.2, 0.25) is 0 Å². The Morgan fingerprint density at radius 2 is 1.59 bits per heavy atom. The van der Waals surface area contributed by atoms with Crippen LogP contribution in [0.25, 0.3) is 21.9 Å². The van der Waals surface area contributed by atoms with E-state index in [0.29, 0.717) is 6.04 Å². The summed E-state index contributed by atoms with van der Waals surface area (Å²) in [6.07, 6.45) is 7.35. The van der Waals surface area contributed by atoms with Crippen molar-refractivity contribution in [2.45, 2.75) is 45.3 Å². The number of aromatic nitrogens is 2. The minimum atomic E-state index is 0.145. The molecule has 1 fully saturated rings. The number of unbranched alkanes of at least 4 members (excludes halogenated alkanes) is 1. The molecule has 0 N–H and O–H groups in total. The third-order valence-electron chi connectivity index (χ3n) is 8.38. The number of hydrogen-bond donors (Lipinski definition) is 0. The van der Waals surface area contributed by atoms with Crippen molar-refractivity contribution >= 4 is 16.7 Å². The highest BCUT2D eigenvalue weighted by molar-refractivity contribution is 6.07. The van der Waals surface area contributed by atoms with Crippen molar-refractivity contribution in [3.05, 3.63) is 126 Å². The Kier molecular flexibility index (Phi) is 8.24. The predicted octanol–water partition coefficient (Wildman–Crippen LogP) is 7.27. The van der Waals surface area contributed by atoms with Crippen LogP contribution >= 0.6 is 0 Å². The Labute approximate surface area is 243 Å². The lowest BCUT2D eigenvalue weighted by atomic mass is 10.0. The van der Waals surface area contributed by atoms with E-state index in [1.54, 1.807) is 0 Å². The number of amides is 1. The fourth-order valence-electron chi connectivity index (χ4n) is 6.04. The SMILES string of the molecule is CCCCC1CN(C(=O)c2cccc3ccccc23)CCN1Cc1cncn1Cc1ccc(-c2ccccc2)cc1. The minimum absolute atomic E-state index is 0.145. The van der Waals surface area contributed by atoms with Crippen LogP contribution in [0.5, 0.6) is 0 Å². The van der Waals surface area contributed by atoms with Crippen molar-refractivity contribution < 1.29 is 4.79 Å². The molecular formula is C36H38N4O. The molecule has 1 aromatic heterocycles. The van der Waals surface area contributed by atoms with E-state index >= 15 is 0 Å². The van der Waals surface area contributed by atoms with Gasteiger partial charge in [0, 0.05) is 50.5 Å². The molecular weight excluding hydrogens is 504 g/mol. The summed E-state index contributed by atoms with van der Waals surface area (Å²) in [4.78, 5) is 22.9. The number of piperazine rings is 1. The second kappa shape index (κ2) is 12.5. The molecule has 1 saturated heterocycles. The fraction of sp³-hybridized carbons (Fsp3) is 0.278. The summed E-state index contributed by atoms with van der Waals surface area (Å²) in [6.45, 7) is 6.24. The van der Waals surface area contributed by atoms with E-state index in [1.165, 1.54) is 22.4 Å². The van der Waals surface area contributed by atoms with Gasteiger partial charge in [-0.25, -0.2) is 4.98 Å². The molecule has 0 bridgehead atoms. The number of carbonyl (C=O) groups excluding carboxylic acids is 1. The van der Waals surface area contributed by atoms with Gasteiger partial charge in [0.15, 0.2) is 0 Å². The quantitative estimate of drug-likeness (QED) is 0.197. The van der Waals surface area contributed by atoms with Gasteiger partial charge in [-0.3, -0.25) is 9.69 Å². The van der Waals surface area contributed by atoms with Crippen molar-refractivity contribution in [1.82, 2.24) is 19.4 Å². The molecule has 2 heterocycles. The third kappa shape index (κ3) is 6.10. The van der Waals surface area contributed by atoms with Gasteiger partial charge in [-0.2, -0.15) is 0 Å². The van der Waals surface area contributed by atoms with E-state index < -0.39 is 0 Å². The lowest BCUT2D eigenvalue weighted by Gasteiger charge is -2.41. The molecule has 0 aliphatic carbocycles. The molecule has 0 saturated carbocycles. The van der Waals surface area contributed by atoms with Crippen LogP contribution < -0.4 is 0 Å². The van der Waals surface area contributed by atoms with Gasteiger partial charge >= 0.3 is 0 Å². The molecule has 1 amide bonds. The molecule has 0 spiro atoms. The van der Waals surface area contributed by atoms with Gasteiger partial charge in [-0.15, -0.1) is 0 Å². The number of carbonyl (C=O) groups is 1. The van der Waals surface area contributed by atoms with Gasteiger partial charge in [-0.05, 0) is 39.9 Å². The number of rotatable bonds is 9. The Hall–Kier alpha value is -4.22. The summed E-state index contributed by atoms with van der Waals surface area (Å²) in [5.41, 5.74) is 5.75. The molecule has 208 valence electrons. The zero-order valence-corrected chi connectivity index (χ0v) is 23.8. The lowest BCUT2D eigenvalue weighted by Crippen LogP contribution is -2.54. The molecule has 41 heavy (non-hydrogen) atoms. The summed E-state index contributed by atoms with van der Waals surface area (Å²) < 4.78 is 2.27. The number of fused-ring (bicyclic) bond motifs is 1. The van der Waals surface area contributed by atoms with E-state index in [-0.39, 0.29) is 5.91 Å². The van der Waals surface area contributed by atoms with Crippen molar-refractivity contribution in [3.63, 3.8) is 0 Å². The van der Waals surface area contributed by atoms with E-state index in [1.807, 2.05) is 42.9 Å². The number of nitrogens with zero attached hydrogens (tertiary/aromatic N) is 4. The van der Waals surface area contributed by atoms with Crippen molar-refractivity contribution in [2.24, 2.45) is 0 Å². The van der Waals surface area contributed by atoms with Crippen LogP contribution in [-0.4, -0.2) is 50.9 Å². The van der Waals surface area contributed by atoms with Gasteiger partial charge < -0.3 is 9.47 Å². The maximum absolute atomic E-state index is 13.7. The van der Waals surface area contributed by atoms with Crippen LogP contribution in [-0.2, 0) is 13.1 Å². The lowest BCUT2D eigenvalue weighted by molar-refractivity contribution is 0.0429. The molecule has 5 heteroatoms. The number of hydrogen-bond acceptors (Lipinski definition) is 3. The largest absolute Gasteiger partial charge is 0.336 e. The standard InChI is InChI=1S/C36H38N4O/c1-2-3-14-32-25-39(36(41)35-16-9-13-31-12-7-8-15-34(31)35)22-21-38(32)26-33-23-37-27-40(33)24-28-17-19-30(20-18-28)29-10-5-4-6-11-29/h4-13,15-20,23,27,32H,2-3,14,21-22,24-26H2,1H3. The maximum Gasteiger partial charge on any atom is 0.254 e. The monoisotopic (exact) mass is 542 g/mol. The summed E-state index contributed by atoms with van der Waals surface area (Å²) in [7, 11) is 0. The Balaban J connectivity index is 1.15. The molecule has 5 nitrogen and oxygen atoms in total. The van der Waals surface area contributed by atoms with E-state index in [9.17, 15) is 4.79 Å². The molecule has 0 radical (unpaired) electrons. The molecule has 6 rings (SSSR count). The predicted molar refractivity (Wildman–Crippen MR) is 167 cm³/mol. The summed E-state index contributed by atoms with van der Waals surface area (Å²) in [5, 5.41) is 2.15. The zero-order chi connectivity index (χ0) is 28.0. The maximum atomic E-state index is 13.7. The third-order valence-corrected chi connectivity index (χ3v) is 8.38. The summed E-state index contributed by atoms with van der Waals surface area (Å²) in [6, 6.07) is 33.9. The van der Waals surface area contributed by atoms with Crippen LogP contribution in [0.2, 0.25) is 0 Å². The highest BCUT2D eigenvalue weighted by Gasteiger charge is 2.30. The second-order valence-corrected chi connectivity index (χ2v) is 11.1. The van der Waals surface area contributed by atoms with E-state index in [0.717, 1.165) is 68.3 Å². The van der Waals surface area contributed by atoms with Gasteiger partial charge in [0.05, 0.1) is 12.0 Å². The molecule has 4 aromatic carbocycles. The normalized spacial score (nSPS) is 15.8. The molecule has 1 unspecified atom stereocenters. The zero-order valence-electron chi connectivity index (χ0n) is 23.8. The van der Waals surface area contributed by atoms with Crippen LogP contribution in [0.4, 0.5) is 0 Å². The highest BCUT2D eigenvalue weighted by atomic mass is 16.2.